The fraction of sp³-hybridized carbons (Fsp3) is 0.526. The van der Waals surface area contributed by atoms with Crippen LogP contribution in [0.1, 0.15) is 18.5 Å². The number of nitrogens with one attached hydrogen (secondary N) is 1. The van der Waals surface area contributed by atoms with Crippen molar-refractivity contribution in [1.29, 1.82) is 0 Å². The van der Waals surface area contributed by atoms with Crippen LogP contribution in [0.2, 0.25) is 0 Å². The monoisotopic (exact) mass is 343 g/mol. The first-order valence-corrected chi connectivity index (χ1v) is 8.91. The summed E-state index contributed by atoms with van der Waals surface area (Å²) in [4.78, 5) is 2.38. The number of nitrogens with zero attached hydrogens (tertiary/aromatic N) is 2. The van der Waals surface area contributed by atoms with E-state index in [0.29, 0.717) is 25.0 Å². The lowest BCUT2D eigenvalue weighted by Crippen LogP contribution is -2.65. The molecule has 0 saturated carbocycles. The molecule has 1 aromatic carbocycles. The Balaban J connectivity index is 1.43. The average molecular weight is 343 g/mol. The lowest BCUT2D eigenvalue weighted by atomic mass is 9.88. The average Bonchev–Trinajstić information content (AvgIpc) is 3.03. The molecule has 0 bridgehead atoms. The first-order valence-electron chi connectivity index (χ1n) is 8.91. The minimum atomic E-state index is -0.0342. The summed E-state index contributed by atoms with van der Waals surface area (Å²) in [5, 5.41) is 17.7. The van der Waals surface area contributed by atoms with Crippen LogP contribution in [0.25, 0.3) is 11.3 Å². The van der Waals surface area contributed by atoms with Gasteiger partial charge in [-0.3, -0.25) is 0 Å². The maximum Gasteiger partial charge on any atom is 0.167 e. The highest BCUT2D eigenvalue weighted by Gasteiger charge is 2.41. The van der Waals surface area contributed by atoms with Crippen molar-refractivity contribution in [2.24, 2.45) is 0 Å². The van der Waals surface area contributed by atoms with Gasteiger partial charge in [-0.05, 0) is 45.1 Å². The van der Waals surface area contributed by atoms with Gasteiger partial charge in [-0.1, -0.05) is 17.3 Å². The maximum absolute atomic E-state index is 9.62. The second-order valence-corrected chi connectivity index (χ2v) is 7.40. The van der Waals surface area contributed by atoms with Gasteiger partial charge in [0.1, 0.15) is 5.75 Å². The second kappa shape index (κ2) is 6.78. The van der Waals surface area contributed by atoms with Crippen LogP contribution in [0.3, 0.4) is 0 Å². The van der Waals surface area contributed by atoms with E-state index in [1.54, 1.807) is 18.2 Å². The van der Waals surface area contributed by atoms with Crippen LogP contribution in [-0.2, 0) is 11.2 Å². The molecule has 2 aliphatic heterocycles. The number of piperidine rings is 1. The Kier molecular flexibility index (Phi) is 4.50. The quantitative estimate of drug-likeness (QED) is 0.866. The number of phenols is 1. The Morgan fingerprint density at radius 2 is 2.08 bits per heavy atom. The van der Waals surface area contributed by atoms with Crippen molar-refractivity contribution in [3.63, 3.8) is 0 Å². The molecule has 0 aliphatic carbocycles. The van der Waals surface area contributed by atoms with Gasteiger partial charge in [0.05, 0.1) is 24.4 Å². The molecule has 1 aromatic heterocycles. The van der Waals surface area contributed by atoms with Gasteiger partial charge in [-0.25, -0.2) is 0 Å². The standard InChI is InChI=1S/C19H25N3O3/c1-22-7-5-15(6-8-22)20-19(12-24-13-19)11-16-10-18(25-21-16)14-3-2-4-17(23)9-14/h2-4,9-10,15,20,23H,5-8,11-13H2,1H3. The minimum absolute atomic E-state index is 0.0342. The van der Waals surface area contributed by atoms with E-state index in [1.807, 2.05) is 12.1 Å². The van der Waals surface area contributed by atoms with Crippen molar-refractivity contribution in [1.82, 2.24) is 15.4 Å². The van der Waals surface area contributed by atoms with Crippen LogP contribution in [0.4, 0.5) is 0 Å². The Hall–Kier alpha value is -1.89. The molecule has 2 aromatic rings. The Labute approximate surface area is 147 Å². The molecule has 0 spiro atoms. The predicted octanol–water partition coefficient (Wildman–Crippen LogP) is 2.04. The van der Waals surface area contributed by atoms with E-state index < -0.39 is 0 Å². The number of aromatic hydroxyl groups is 1. The summed E-state index contributed by atoms with van der Waals surface area (Å²) >= 11 is 0. The van der Waals surface area contributed by atoms with Gasteiger partial charge >= 0.3 is 0 Å². The van der Waals surface area contributed by atoms with Gasteiger partial charge in [0, 0.05) is 24.1 Å². The molecular weight excluding hydrogens is 318 g/mol. The van der Waals surface area contributed by atoms with Crippen molar-refractivity contribution >= 4 is 0 Å². The summed E-state index contributed by atoms with van der Waals surface area (Å²) in [7, 11) is 2.18. The van der Waals surface area contributed by atoms with Crippen molar-refractivity contribution in [2.75, 3.05) is 33.4 Å². The summed E-state index contributed by atoms with van der Waals surface area (Å²) in [6, 6.07) is 9.54. The highest BCUT2D eigenvalue weighted by molar-refractivity contribution is 5.59. The number of ether oxygens (including phenoxy) is 1. The van der Waals surface area contributed by atoms with Crippen molar-refractivity contribution in [2.45, 2.75) is 30.8 Å². The third kappa shape index (κ3) is 3.71. The molecule has 134 valence electrons. The molecule has 0 amide bonds. The summed E-state index contributed by atoms with van der Waals surface area (Å²) < 4.78 is 11.0. The summed E-state index contributed by atoms with van der Waals surface area (Å²) in [5.41, 5.74) is 1.72. The topological polar surface area (TPSA) is 70.8 Å². The van der Waals surface area contributed by atoms with E-state index in [4.69, 9.17) is 9.26 Å². The molecule has 25 heavy (non-hydrogen) atoms. The SMILES string of the molecule is CN1CCC(NC2(Cc3cc(-c4cccc(O)c4)on3)COC2)CC1. The van der Waals surface area contributed by atoms with E-state index in [1.165, 1.54) is 12.8 Å². The number of aromatic nitrogens is 1. The molecule has 2 N–H and O–H groups in total. The lowest BCUT2D eigenvalue weighted by Gasteiger charge is -2.45. The molecule has 2 aliphatic rings. The van der Waals surface area contributed by atoms with Crippen LogP contribution < -0.4 is 5.32 Å². The fourth-order valence-electron chi connectivity index (χ4n) is 3.71. The number of rotatable bonds is 5. The van der Waals surface area contributed by atoms with Gasteiger partial charge in [-0.2, -0.15) is 0 Å². The molecule has 2 fully saturated rings. The van der Waals surface area contributed by atoms with E-state index in [2.05, 4.69) is 22.4 Å². The Morgan fingerprint density at radius 1 is 1.28 bits per heavy atom. The number of hydrogen-bond acceptors (Lipinski definition) is 6. The van der Waals surface area contributed by atoms with E-state index in [0.717, 1.165) is 30.8 Å². The van der Waals surface area contributed by atoms with Gasteiger partial charge < -0.3 is 24.6 Å². The van der Waals surface area contributed by atoms with Crippen LogP contribution in [0.5, 0.6) is 5.75 Å². The van der Waals surface area contributed by atoms with Gasteiger partial charge in [0.15, 0.2) is 5.76 Å². The summed E-state index contributed by atoms with van der Waals surface area (Å²) in [5.74, 6) is 0.906. The highest BCUT2D eigenvalue weighted by atomic mass is 16.5. The van der Waals surface area contributed by atoms with Crippen LogP contribution >= 0.6 is 0 Å². The lowest BCUT2D eigenvalue weighted by molar-refractivity contribution is -0.0823. The van der Waals surface area contributed by atoms with Gasteiger partial charge in [-0.15, -0.1) is 0 Å². The van der Waals surface area contributed by atoms with Crippen LogP contribution in [-0.4, -0.2) is 60.1 Å². The molecule has 0 atom stereocenters. The molecule has 6 heteroatoms. The first kappa shape index (κ1) is 16.6. The molecule has 0 unspecified atom stereocenters. The smallest absolute Gasteiger partial charge is 0.167 e. The fourth-order valence-corrected chi connectivity index (χ4v) is 3.71. The predicted molar refractivity (Wildman–Crippen MR) is 94.5 cm³/mol. The van der Waals surface area contributed by atoms with E-state index in [-0.39, 0.29) is 11.3 Å². The third-order valence-corrected chi connectivity index (χ3v) is 5.19. The second-order valence-electron chi connectivity index (χ2n) is 7.40. The molecule has 3 heterocycles. The molecule has 6 nitrogen and oxygen atoms in total. The van der Waals surface area contributed by atoms with Crippen molar-refractivity contribution in [3.8, 4) is 17.1 Å². The number of benzene rings is 1. The molecular formula is C19H25N3O3. The zero-order chi connectivity index (χ0) is 17.3. The Bertz CT molecular complexity index is 718. The van der Waals surface area contributed by atoms with Gasteiger partial charge in [0.25, 0.3) is 0 Å². The minimum Gasteiger partial charge on any atom is -0.508 e. The van der Waals surface area contributed by atoms with Crippen molar-refractivity contribution < 1.29 is 14.4 Å². The maximum atomic E-state index is 9.62. The molecule has 0 radical (unpaired) electrons. The number of phenolic OH excluding ortho intramolecular Hbond substituents is 1. The van der Waals surface area contributed by atoms with E-state index >= 15 is 0 Å². The van der Waals surface area contributed by atoms with Crippen molar-refractivity contribution in [3.05, 3.63) is 36.0 Å². The largest absolute Gasteiger partial charge is 0.508 e. The van der Waals surface area contributed by atoms with Crippen LogP contribution in [0.15, 0.2) is 34.9 Å². The zero-order valence-corrected chi connectivity index (χ0v) is 14.6. The molecule has 4 rings (SSSR count). The molecule has 2 saturated heterocycles. The Morgan fingerprint density at radius 3 is 2.76 bits per heavy atom. The zero-order valence-electron chi connectivity index (χ0n) is 14.6. The third-order valence-electron chi connectivity index (χ3n) is 5.19. The number of hydrogen-bond donors (Lipinski definition) is 2. The normalized spacial score (nSPS) is 21.2. The summed E-state index contributed by atoms with van der Waals surface area (Å²) in [6.07, 6.45) is 3.14. The first-order chi connectivity index (χ1) is 12.1. The summed E-state index contributed by atoms with van der Waals surface area (Å²) in [6.45, 7) is 3.71. The van der Waals surface area contributed by atoms with Crippen LogP contribution in [0, 0.1) is 0 Å². The highest BCUT2D eigenvalue weighted by Crippen LogP contribution is 2.28. The number of likely N-dealkylation sites (tertiary alicyclic amines) is 1. The van der Waals surface area contributed by atoms with E-state index in [9.17, 15) is 5.11 Å². The van der Waals surface area contributed by atoms with Gasteiger partial charge in [0.2, 0.25) is 0 Å².